The van der Waals surface area contributed by atoms with Gasteiger partial charge in [-0.15, -0.1) is 11.3 Å². The van der Waals surface area contributed by atoms with E-state index in [0.29, 0.717) is 17.6 Å². The Morgan fingerprint density at radius 3 is 3.08 bits per heavy atom. The first-order valence-electron chi connectivity index (χ1n) is 8.53. The van der Waals surface area contributed by atoms with E-state index in [9.17, 15) is 9.90 Å². The highest BCUT2D eigenvalue weighted by atomic mass is 32.1. The molecule has 0 spiro atoms. The van der Waals surface area contributed by atoms with Gasteiger partial charge in [-0.2, -0.15) is 0 Å². The van der Waals surface area contributed by atoms with Crippen LogP contribution in [0.3, 0.4) is 0 Å². The molecule has 2 heterocycles. The van der Waals surface area contributed by atoms with Gasteiger partial charge in [0.15, 0.2) is 0 Å². The van der Waals surface area contributed by atoms with Crippen LogP contribution in [0.5, 0.6) is 0 Å². The first-order valence-corrected chi connectivity index (χ1v) is 9.41. The summed E-state index contributed by atoms with van der Waals surface area (Å²) < 4.78 is 1.08. The number of nitrogens with zero attached hydrogens (tertiary/aromatic N) is 2. The molecule has 1 saturated carbocycles. The quantitative estimate of drug-likeness (QED) is 0.717. The summed E-state index contributed by atoms with van der Waals surface area (Å²) in [5, 5.41) is 15.4. The lowest BCUT2D eigenvalue weighted by molar-refractivity contribution is -0.115. The van der Waals surface area contributed by atoms with Gasteiger partial charge in [-0.1, -0.05) is 25.3 Å². The summed E-state index contributed by atoms with van der Waals surface area (Å²) in [4.78, 5) is 20.8. The summed E-state index contributed by atoms with van der Waals surface area (Å²) in [6.07, 6.45) is 6.40. The molecule has 25 heavy (non-hydrogen) atoms. The molecule has 1 fully saturated rings. The summed E-state index contributed by atoms with van der Waals surface area (Å²) in [7, 11) is 0. The maximum atomic E-state index is 12.2. The van der Waals surface area contributed by atoms with Crippen LogP contribution in [0.2, 0.25) is 0 Å². The second-order valence-electron chi connectivity index (χ2n) is 6.58. The van der Waals surface area contributed by atoms with E-state index in [-0.39, 0.29) is 18.6 Å². The monoisotopic (exact) mass is 356 g/mol. The molecule has 3 N–H and O–H groups in total. The van der Waals surface area contributed by atoms with Gasteiger partial charge in [0.2, 0.25) is 5.96 Å². The maximum Gasteiger partial charge on any atom is 0.276 e. The number of benzene rings is 1. The summed E-state index contributed by atoms with van der Waals surface area (Å²) in [5.74, 6) is 0.865. The third-order valence-corrected chi connectivity index (χ3v) is 5.55. The second kappa shape index (κ2) is 6.93. The SMILES string of the molecule is O=C1NC(N[C@@H](CO)CC2CCC2)=NC1=Cc1ccc2ncsc2c1. The lowest BCUT2D eigenvalue weighted by Crippen LogP contribution is -2.45. The number of thiazole rings is 1. The Morgan fingerprint density at radius 2 is 2.32 bits per heavy atom. The van der Waals surface area contributed by atoms with Crippen molar-refractivity contribution in [1.29, 1.82) is 0 Å². The highest BCUT2D eigenvalue weighted by Gasteiger charge is 2.25. The van der Waals surface area contributed by atoms with Gasteiger partial charge in [0.25, 0.3) is 5.91 Å². The van der Waals surface area contributed by atoms with E-state index in [4.69, 9.17) is 0 Å². The largest absolute Gasteiger partial charge is 0.394 e. The standard InChI is InChI=1S/C18H20N4O2S/c23-9-13(6-11-2-1-3-11)20-18-21-15(17(24)22-18)7-12-4-5-14-16(8-12)25-10-19-14/h4-5,7-8,10-11,13,23H,1-3,6,9H2,(H2,20,21,22,24)/t13-/m1/s1. The van der Waals surface area contributed by atoms with Crippen LogP contribution in [0.1, 0.15) is 31.2 Å². The molecular weight excluding hydrogens is 336 g/mol. The number of nitrogens with one attached hydrogen (secondary N) is 2. The molecule has 1 atom stereocenters. The van der Waals surface area contributed by atoms with Gasteiger partial charge >= 0.3 is 0 Å². The molecule has 4 rings (SSSR count). The fraction of sp³-hybridized carbons (Fsp3) is 0.389. The first-order chi connectivity index (χ1) is 12.2. The molecule has 0 bridgehead atoms. The molecule has 1 aliphatic carbocycles. The van der Waals surface area contributed by atoms with E-state index in [1.54, 1.807) is 22.9 Å². The molecule has 0 radical (unpaired) electrons. The van der Waals surface area contributed by atoms with Crippen LogP contribution in [0, 0.1) is 5.92 Å². The van der Waals surface area contributed by atoms with E-state index >= 15 is 0 Å². The number of aliphatic imine (C=N–C) groups is 1. The minimum Gasteiger partial charge on any atom is -0.394 e. The van der Waals surface area contributed by atoms with Gasteiger partial charge in [-0.05, 0) is 36.1 Å². The molecule has 2 aliphatic rings. The number of carbonyl (C=O) groups excluding carboxylic acids is 1. The number of hydrogen-bond donors (Lipinski definition) is 3. The molecule has 1 amide bonds. The lowest BCUT2D eigenvalue weighted by atomic mass is 9.81. The highest BCUT2D eigenvalue weighted by Crippen LogP contribution is 2.30. The molecule has 6 nitrogen and oxygen atoms in total. The lowest BCUT2D eigenvalue weighted by Gasteiger charge is -2.29. The summed E-state index contributed by atoms with van der Waals surface area (Å²) in [5.41, 5.74) is 4.05. The Bertz CT molecular complexity index is 854. The van der Waals surface area contributed by atoms with E-state index in [1.165, 1.54) is 19.3 Å². The zero-order chi connectivity index (χ0) is 17.2. The van der Waals surface area contributed by atoms with Crippen molar-refractivity contribution in [3.05, 3.63) is 35.0 Å². The van der Waals surface area contributed by atoms with Gasteiger partial charge in [-0.3, -0.25) is 10.1 Å². The molecule has 7 heteroatoms. The molecule has 1 aromatic heterocycles. The highest BCUT2D eigenvalue weighted by molar-refractivity contribution is 7.16. The van der Waals surface area contributed by atoms with Gasteiger partial charge < -0.3 is 10.4 Å². The minimum absolute atomic E-state index is 0.0342. The molecule has 1 aromatic carbocycles. The number of aromatic nitrogens is 1. The van der Waals surface area contributed by atoms with E-state index in [0.717, 1.165) is 22.2 Å². The Balaban J connectivity index is 1.48. The number of rotatable bonds is 5. The van der Waals surface area contributed by atoms with Crippen molar-refractivity contribution in [3.8, 4) is 0 Å². The van der Waals surface area contributed by atoms with Gasteiger partial charge in [-0.25, -0.2) is 9.98 Å². The van der Waals surface area contributed by atoms with Crippen LogP contribution in [0.4, 0.5) is 0 Å². The predicted molar refractivity (Wildman–Crippen MR) is 99.1 cm³/mol. The van der Waals surface area contributed by atoms with E-state index in [2.05, 4.69) is 20.6 Å². The molecule has 0 unspecified atom stereocenters. The summed E-state index contributed by atoms with van der Waals surface area (Å²) >= 11 is 1.57. The van der Waals surface area contributed by atoms with Crippen LogP contribution in [0.15, 0.2) is 34.4 Å². The van der Waals surface area contributed by atoms with Crippen LogP contribution < -0.4 is 10.6 Å². The molecule has 2 aromatic rings. The van der Waals surface area contributed by atoms with Crippen LogP contribution in [0.25, 0.3) is 16.3 Å². The van der Waals surface area contributed by atoms with Crippen molar-refractivity contribution in [2.24, 2.45) is 10.9 Å². The van der Waals surface area contributed by atoms with Crippen LogP contribution >= 0.6 is 11.3 Å². The number of guanidine groups is 1. The van der Waals surface area contributed by atoms with Crippen molar-refractivity contribution in [2.45, 2.75) is 31.7 Å². The number of fused-ring (bicyclic) bond motifs is 1. The van der Waals surface area contributed by atoms with Crippen molar-refractivity contribution in [2.75, 3.05) is 6.61 Å². The Kier molecular flexibility index (Phi) is 4.50. The number of hydrogen-bond acceptors (Lipinski definition) is 6. The zero-order valence-corrected chi connectivity index (χ0v) is 14.6. The molecule has 0 saturated heterocycles. The third-order valence-electron chi connectivity index (χ3n) is 4.76. The van der Waals surface area contributed by atoms with Gasteiger partial charge in [0, 0.05) is 0 Å². The van der Waals surface area contributed by atoms with Crippen LogP contribution in [-0.4, -0.2) is 34.6 Å². The summed E-state index contributed by atoms with van der Waals surface area (Å²) in [6.45, 7) is 0.0342. The van der Waals surface area contributed by atoms with E-state index in [1.807, 2.05) is 18.2 Å². The van der Waals surface area contributed by atoms with Crippen molar-refractivity contribution in [3.63, 3.8) is 0 Å². The molecule has 1 aliphatic heterocycles. The average molecular weight is 356 g/mol. The fourth-order valence-electron chi connectivity index (χ4n) is 3.16. The first kappa shape index (κ1) is 16.2. The third kappa shape index (κ3) is 3.57. The van der Waals surface area contributed by atoms with Crippen molar-refractivity contribution in [1.82, 2.24) is 15.6 Å². The number of aliphatic hydroxyl groups is 1. The van der Waals surface area contributed by atoms with Gasteiger partial charge in [0.1, 0.15) is 5.70 Å². The van der Waals surface area contributed by atoms with Crippen molar-refractivity contribution >= 4 is 39.5 Å². The number of carbonyl (C=O) groups is 1. The zero-order valence-electron chi connectivity index (χ0n) is 13.7. The number of aliphatic hydroxyl groups excluding tert-OH is 1. The van der Waals surface area contributed by atoms with E-state index < -0.39 is 0 Å². The van der Waals surface area contributed by atoms with Crippen molar-refractivity contribution < 1.29 is 9.90 Å². The Labute approximate surface area is 149 Å². The molecular formula is C18H20N4O2S. The smallest absolute Gasteiger partial charge is 0.276 e. The summed E-state index contributed by atoms with van der Waals surface area (Å²) in [6, 6.07) is 5.80. The fourth-order valence-corrected chi connectivity index (χ4v) is 3.89. The van der Waals surface area contributed by atoms with Gasteiger partial charge in [0.05, 0.1) is 28.4 Å². The Morgan fingerprint density at radius 1 is 1.44 bits per heavy atom. The van der Waals surface area contributed by atoms with Crippen LogP contribution in [-0.2, 0) is 4.79 Å². The number of amides is 1. The second-order valence-corrected chi connectivity index (χ2v) is 7.47. The molecule has 130 valence electrons. The minimum atomic E-state index is -0.229. The topological polar surface area (TPSA) is 86.6 Å². The average Bonchev–Trinajstić information content (AvgIpc) is 3.16. The maximum absolute atomic E-state index is 12.2. The Hall–Kier alpha value is -2.25. The normalized spacial score (nSPS) is 20.4. The predicted octanol–water partition coefficient (Wildman–Crippen LogP) is 2.26.